The second-order valence-electron chi connectivity index (χ2n) is 8.41. The Bertz CT molecular complexity index is 1280. The maximum absolute atomic E-state index is 9.89. The highest BCUT2D eigenvalue weighted by Crippen LogP contribution is 2.54. The van der Waals surface area contributed by atoms with Gasteiger partial charge in [0.25, 0.3) is 0 Å². The normalized spacial score (nSPS) is 14.8. The molecule has 4 aromatic rings. The van der Waals surface area contributed by atoms with E-state index in [1.165, 1.54) is 43.8 Å². The van der Waals surface area contributed by atoms with Crippen molar-refractivity contribution in [2.75, 3.05) is 0 Å². The molecule has 0 spiro atoms. The summed E-state index contributed by atoms with van der Waals surface area (Å²) in [6.07, 6.45) is 0. The van der Waals surface area contributed by atoms with Crippen LogP contribution in [0.15, 0.2) is 121 Å². The van der Waals surface area contributed by atoms with E-state index in [-0.39, 0.29) is 0 Å². The summed E-state index contributed by atoms with van der Waals surface area (Å²) in [5, 5.41) is 2.54. The third kappa shape index (κ3) is 3.64. The maximum atomic E-state index is 9.89. The number of allylic oxidation sites excluding steroid dienone is 2. The number of hydrogen-bond acceptors (Lipinski definition) is 0. The van der Waals surface area contributed by atoms with E-state index in [4.69, 9.17) is 0 Å². The molecule has 33 heavy (non-hydrogen) atoms. The molecular weight excluding hydrogens is 416 g/mol. The van der Waals surface area contributed by atoms with E-state index in [0.29, 0.717) is 0 Å². The molecular formula is C30H24N2Si. The van der Waals surface area contributed by atoms with E-state index >= 15 is 0 Å². The lowest BCUT2D eigenvalue weighted by molar-refractivity contribution is 0.00702. The number of rotatable bonds is 5. The van der Waals surface area contributed by atoms with E-state index in [2.05, 4.69) is 121 Å². The quantitative estimate of drug-likeness (QED) is 0.136. The van der Waals surface area contributed by atoms with Gasteiger partial charge in [-0.15, -0.1) is 0 Å². The van der Waals surface area contributed by atoms with Crippen molar-refractivity contribution >= 4 is 35.5 Å². The average molecular weight is 441 g/mol. The summed E-state index contributed by atoms with van der Waals surface area (Å²) in [4.78, 5) is 3.67. The Hall–Kier alpha value is -4.04. The molecule has 2 nitrogen and oxygen atoms in total. The van der Waals surface area contributed by atoms with Crippen molar-refractivity contribution in [3.05, 3.63) is 149 Å². The van der Waals surface area contributed by atoms with Gasteiger partial charge in [0.2, 0.25) is 13.9 Å². The van der Waals surface area contributed by atoms with Gasteiger partial charge in [-0.05, 0) is 43.8 Å². The van der Waals surface area contributed by atoms with Crippen LogP contribution in [0.4, 0.5) is 0 Å². The molecule has 0 N–H and O–H groups in total. The van der Waals surface area contributed by atoms with Crippen molar-refractivity contribution in [1.29, 1.82) is 0 Å². The molecule has 1 aliphatic heterocycles. The van der Waals surface area contributed by atoms with E-state index in [1.807, 2.05) is 18.0 Å². The van der Waals surface area contributed by atoms with Gasteiger partial charge in [-0.25, -0.2) is 0 Å². The lowest BCUT2D eigenvalue weighted by atomic mass is 9.89. The van der Waals surface area contributed by atoms with E-state index in [0.717, 1.165) is 0 Å². The van der Waals surface area contributed by atoms with Crippen LogP contribution in [-0.4, -0.2) is 18.7 Å². The molecule has 0 saturated heterocycles. The second kappa shape index (κ2) is 8.83. The summed E-state index contributed by atoms with van der Waals surface area (Å²) in [6, 6.07) is 42.3. The van der Waals surface area contributed by atoms with Gasteiger partial charge in [0, 0.05) is 0 Å². The van der Waals surface area contributed by atoms with E-state index in [1.54, 1.807) is 0 Å². The van der Waals surface area contributed by atoms with Gasteiger partial charge in [-0.2, -0.15) is 4.79 Å². The zero-order valence-corrected chi connectivity index (χ0v) is 19.5. The van der Waals surface area contributed by atoms with Crippen molar-refractivity contribution in [2.24, 2.45) is 0 Å². The van der Waals surface area contributed by atoms with Crippen molar-refractivity contribution in [3.63, 3.8) is 0 Å². The zero-order valence-electron chi connectivity index (χ0n) is 18.5. The highest BCUT2D eigenvalue weighted by Gasteiger charge is 2.50. The van der Waals surface area contributed by atoms with Crippen molar-refractivity contribution in [1.82, 2.24) is 0 Å². The summed E-state index contributed by atoms with van der Waals surface area (Å²) in [6.45, 7) is 2.29. The van der Waals surface area contributed by atoms with Crippen molar-refractivity contribution < 1.29 is 4.79 Å². The largest absolute Gasteiger partial charge is 0.362 e. The smallest absolute Gasteiger partial charge is 0.241 e. The lowest BCUT2D eigenvalue weighted by Crippen LogP contribution is -2.36. The molecule has 0 saturated carbocycles. The zero-order chi connectivity index (χ0) is 22.7. The fourth-order valence-electron chi connectivity index (χ4n) is 5.02. The Morgan fingerprint density at radius 2 is 0.818 bits per heavy atom. The molecule has 5 rings (SSSR count). The molecule has 0 fully saturated rings. The average Bonchev–Trinajstić information content (AvgIpc) is 3.15. The van der Waals surface area contributed by atoms with Gasteiger partial charge in [-0.3, -0.25) is 0 Å². The van der Waals surface area contributed by atoms with Gasteiger partial charge in [0.1, 0.15) is 0 Å². The molecule has 0 radical (unpaired) electrons. The Kier molecular flexibility index (Phi) is 5.58. The Balaban J connectivity index is 1.98. The molecule has 0 amide bonds. The first-order valence-electron chi connectivity index (χ1n) is 11.1. The highest BCUT2D eigenvalue weighted by atomic mass is 28.3. The maximum Gasteiger partial charge on any atom is 0.241 e. The van der Waals surface area contributed by atoms with Crippen LogP contribution in [0.2, 0.25) is 6.55 Å². The molecule has 0 unspecified atom stereocenters. The van der Waals surface area contributed by atoms with Gasteiger partial charge >= 0.3 is 0 Å². The molecule has 0 atom stereocenters. The monoisotopic (exact) mass is 440 g/mol. The number of hydrogen-bond donors (Lipinski definition) is 0. The Labute approximate surface area is 195 Å². The minimum Gasteiger partial charge on any atom is -0.362 e. The Morgan fingerprint density at radius 3 is 1.12 bits per heavy atom. The summed E-state index contributed by atoms with van der Waals surface area (Å²) in [7, 11) is -2.60. The van der Waals surface area contributed by atoms with Crippen LogP contribution in [0.5, 0.6) is 0 Å². The first-order valence-corrected chi connectivity index (χ1v) is 13.7. The molecule has 0 aliphatic carbocycles. The molecule has 158 valence electrons. The summed E-state index contributed by atoms with van der Waals surface area (Å²) in [5.74, 6) is 1.82. The predicted octanol–water partition coefficient (Wildman–Crippen LogP) is 7.22. The molecule has 4 aromatic carbocycles. The molecule has 1 aliphatic rings. The van der Waals surface area contributed by atoms with Crippen LogP contribution >= 0.6 is 0 Å². The van der Waals surface area contributed by atoms with Gasteiger partial charge in [0.15, 0.2) is 0 Å². The molecule has 1 heterocycles. The molecule has 0 aromatic heterocycles. The SMILES string of the molecule is C[Si]1(C=[N+]=[N-])C(c2ccccc2)=C(c2ccccc2)C(c2ccccc2)=C1c1ccccc1. The summed E-state index contributed by atoms with van der Waals surface area (Å²) in [5.41, 5.74) is 17.0. The summed E-state index contributed by atoms with van der Waals surface area (Å²) < 4.78 is 0. The second-order valence-corrected chi connectivity index (χ2v) is 12.1. The Morgan fingerprint density at radius 1 is 0.515 bits per heavy atom. The molecule has 0 bridgehead atoms. The van der Waals surface area contributed by atoms with Crippen LogP contribution < -0.4 is 0 Å². The lowest BCUT2D eigenvalue weighted by Gasteiger charge is -2.22. The first-order chi connectivity index (χ1) is 16.2. The third-order valence-corrected chi connectivity index (χ3v) is 10.1. The number of benzene rings is 4. The van der Waals surface area contributed by atoms with Crippen LogP contribution in [0, 0.1) is 0 Å². The minimum absolute atomic E-state index is 1.17. The predicted molar refractivity (Wildman–Crippen MR) is 141 cm³/mol. The fraction of sp³-hybridized carbons (Fsp3) is 0.0333. The van der Waals surface area contributed by atoms with Gasteiger partial charge in [0.05, 0.1) is 0 Å². The van der Waals surface area contributed by atoms with E-state index < -0.39 is 8.07 Å². The van der Waals surface area contributed by atoms with Crippen LogP contribution in [0.3, 0.4) is 0 Å². The van der Waals surface area contributed by atoms with Gasteiger partial charge < -0.3 is 5.53 Å². The topological polar surface area (TPSA) is 36.4 Å². The van der Waals surface area contributed by atoms with Gasteiger partial charge in [-0.1, -0.05) is 128 Å². The van der Waals surface area contributed by atoms with Crippen molar-refractivity contribution in [3.8, 4) is 0 Å². The van der Waals surface area contributed by atoms with Crippen LogP contribution in [0.25, 0.3) is 27.1 Å². The van der Waals surface area contributed by atoms with E-state index in [9.17, 15) is 5.53 Å². The fourth-order valence-corrected chi connectivity index (χ4v) is 8.87. The first kappa shape index (κ1) is 20.8. The summed E-state index contributed by atoms with van der Waals surface area (Å²) >= 11 is 0. The van der Waals surface area contributed by atoms with Crippen molar-refractivity contribution in [2.45, 2.75) is 6.55 Å². The standard InChI is InChI=1S/C30H24N2Si/c1-33(22-32-31)29(25-18-10-4-11-19-25)27(23-14-6-2-7-15-23)28(24-16-8-3-9-17-24)30(33)26-20-12-5-13-21-26/h2-22H,1H3. The third-order valence-electron chi connectivity index (χ3n) is 6.35. The van der Waals surface area contributed by atoms with Crippen LogP contribution in [-0.2, 0) is 0 Å². The minimum atomic E-state index is -2.60. The molecule has 3 heteroatoms. The van der Waals surface area contributed by atoms with Crippen LogP contribution in [0.1, 0.15) is 22.3 Å². The number of nitrogens with zero attached hydrogens (tertiary/aromatic N) is 2. The highest BCUT2D eigenvalue weighted by molar-refractivity contribution is 7.28.